The zero-order valence-corrected chi connectivity index (χ0v) is 13.7. The molecule has 2 rings (SSSR count). The maximum absolute atomic E-state index is 12.1. The third-order valence-corrected chi connectivity index (χ3v) is 4.57. The Kier molecular flexibility index (Phi) is 7.11. The van der Waals surface area contributed by atoms with Gasteiger partial charge in [0.25, 0.3) is 0 Å². The van der Waals surface area contributed by atoms with Gasteiger partial charge in [0.05, 0.1) is 0 Å². The SMILES string of the molecule is CCCCCCCCCCCCn1ccn(C2CC2)c1=O. The topological polar surface area (TPSA) is 26.9 Å². The van der Waals surface area contributed by atoms with Gasteiger partial charge in [0.1, 0.15) is 0 Å². The largest absolute Gasteiger partial charge is 0.328 e. The molecule has 0 aromatic carbocycles. The summed E-state index contributed by atoms with van der Waals surface area (Å²) in [5, 5.41) is 0. The lowest BCUT2D eigenvalue weighted by atomic mass is 10.1. The van der Waals surface area contributed by atoms with Crippen molar-refractivity contribution < 1.29 is 0 Å². The highest BCUT2D eigenvalue weighted by Crippen LogP contribution is 2.33. The Balaban J connectivity index is 1.47. The van der Waals surface area contributed by atoms with Crippen molar-refractivity contribution in [2.45, 2.75) is 96.6 Å². The standard InChI is InChI=1S/C18H32N2O/c1-2-3-4-5-6-7-8-9-10-11-14-19-15-16-20(18(19)21)17-12-13-17/h15-17H,2-14H2,1H3. The molecule has 1 aliphatic rings. The van der Waals surface area contributed by atoms with E-state index in [9.17, 15) is 4.79 Å². The summed E-state index contributed by atoms with van der Waals surface area (Å²) >= 11 is 0. The minimum atomic E-state index is 0.202. The normalized spacial score (nSPS) is 14.7. The lowest BCUT2D eigenvalue weighted by molar-refractivity contribution is 0.525. The predicted octanol–water partition coefficient (Wildman–Crippen LogP) is 4.91. The Labute approximate surface area is 129 Å². The van der Waals surface area contributed by atoms with Gasteiger partial charge < -0.3 is 0 Å². The molecule has 1 aliphatic carbocycles. The van der Waals surface area contributed by atoms with E-state index in [4.69, 9.17) is 0 Å². The molecule has 0 unspecified atom stereocenters. The molecule has 1 heterocycles. The van der Waals surface area contributed by atoms with Gasteiger partial charge in [0.2, 0.25) is 0 Å². The van der Waals surface area contributed by atoms with Gasteiger partial charge >= 0.3 is 5.69 Å². The molecule has 3 nitrogen and oxygen atoms in total. The van der Waals surface area contributed by atoms with Crippen LogP contribution in [-0.2, 0) is 6.54 Å². The second-order valence-corrected chi connectivity index (χ2v) is 6.59. The van der Waals surface area contributed by atoms with Crippen LogP contribution in [0.1, 0.15) is 90.0 Å². The van der Waals surface area contributed by atoms with Crippen molar-refractivity contribution in [3.05, 3.63) is 22.9 Å². The van der Waals surface area contributed by atoms with Crippen molar-refractivity contribution in [3.63, 3.8) is 0 Å². The fourth-order valence-electron chi connectivity index (χ4n) is 3.00. The van der Waals surface area contributed by atoms with Gasteiger partial charge in [-0.15, -0.1) is 0 Å². The first kappa shape index (κ1) is 16.4. The fraction of sp³-hybridized carbons (Fsp3) is 0.833. The van der Waals surface area contributed by atoms with Crippen LogP contribution >= 0.6 is 0 Å². The summed E-state index contributed by atoms with van der Waals surface area (Å²) in [5.74, 6) is 0. The zero-order chi connectivity index (χ0) is 14.9. The summed E-state index contributed by atoms with van der Waals surface area (Å²) in [5.41, 5.74) is 0.202. The molecule has 120 valence electrons. The molecule has 3 heteroatoms. The van der Waals surface area contributed by atoms with Gasteiger partial charge in [-0.3, -0.25) is 9.13 Å². The Bertz CT molecular complexity index is 442. The van der Waals surface area contributed by atoms with Gasteiger partial charge in [-0.1, -0.05) is 64.7 Å². The van der Waals surface area contributed by atoms with Gasteiger partial charge in [0, 0.05) is 25.0 Å². The van der Waals surface area contributed by atoms with E-state index in [-0.39, 0.29) is 5.69 Å². The predicted molar refractivity (Wildman–Crippen MR) is 88.8 cm³/mol. The van der Waals surface area contributed by atoms with Crippen molar-refractivity contribution in [1.29, 1.82) is 0 Å². The third-order valence-electron chi connectivity index (χ3n) is 4.57. The summed E-state index contributed by atoms with van der Waals surface area (Å²) in [6, 6.07) is 0.506. The summed E-state index contributed by atoms with van der Waals surface area (Å²) < 4.78 is 3.80. The van der Waals surface area contributed by atoms with Gasteiger partial charge in [-0.2, -0.15) is 0 Å². The number of aryl methyl sites for hydroxylation is 1. The molecular weight excluding hydrogens is 260 g/mol. The summed E-state index contributed by atoms with van der Waals surface area (Å²) in [4.78, 5) is 12.1. The van der Waals surface area contributed by atoms with Crippen LogP contribution in [0.2, 0.25) is 0 Å². The highest BCUT2D eigenvalue weighted by atomic mass is 16.1. The van der Waals surface area contributed by atoms with Crippen molar-refractivity contribution in [3.8, 4) is 0 Å². The van der Waals surface area contributed by atoms with E-state index < -0.39 is 0 Å². The molecule has 0 N–H and O–H groups in total. The van der Waals surface area contributed by atoms with Crippen LogP contribution in [0.15, 0.2) is 17.2 Å². The van der Waals surface area contributed by atoms with Gasteiger partial charge in [0.15, 0.2) is 0 Å². The Morgan fingerprint density at radius 3 is 2.05 bits per heavy atom. The number of imidazole rings is 1. The van der Waals surface area contributed by atoms with Gasteiger partial charge in [-0.05, 0) is 19.3 Å². The van der Waals surface area contributed by atoms with E-state index in [0.29, 0.717) is 6.04 Å². The van der Waals surface area contributed by atoms with Crippen LogP contribution in [0.3, 0.4) is 0 Å². The smallest absolute Gasteiger partial charge is 0.299 e. The van der Waals surface area contributed by atoms with Crippen LogP contribution in [0.5, 0.6) is 0 Å². The second kappa shape index (κ2) is 9.11. The molecule has 1 aromatic rings. The molecular formula is C18H32N2O. The lowest BCUT2D eigenvalue weighted by Crippen LogP contribution is -2.23. The number of hydrogen-bond acceptors (Lipinski definition) is 1. The molecule has 0 atom stereocenters. The molecule has 0 radical (unpaired) electrons. The summed E-state index contributed by atoms with van der Waals surface area (Å²) in [6.45, 7) is 3.17. The molecule has 0 bridgehead atoms. The first-order valence-electron chi connectivity index (χ1n) is 9.10. The monoisotopic (exact) mass is 292 g/mol. The minimum absolute atomic E-state index is 0.202. The molecule has 0 saturated heterocycles. The van der Waals surface area contributed by atoms with Crippen molar-refractivity contribution >= 4 is 0 Å². The van der Waals surface area contributed by atoms with Crippen LogP contribution < -0.4 is 5.69 Å². The van der Waals surface area contributed by atoms with Gasteiger partial charge in [-0.25, -0.2) is 4.79 Å². The molecule has 0 spiro atoms. The summed E-state index contributed by atoms with van der Waals surface area (Å²) in [7, 11) is 0. The van der Waals surface area contributed by atoms with Crippen LogP contribution in [0.4, 0.5) is 0 Å². The molecule has 1 aromatic heterocycles. The number of unbranched alkanes of at least 4 members (excludes halogenated alkanes) is 9. The van der Waals surface area contributed by atoms with E-state index in [0.717, 1.165) is 13.0 Å². The third kappa shape index (κ3) is 5.72. The number of nitrogens with zero attached hydrogens (tertiary/aromatic N) is 2. The lowest BCUT2D eigenvalue weighted by Gasteiger charge is -2.03. The highest BCUT2D eigenvalue weighted by Gasteiger charge is 2.25. The van der Waals surface area contributed by atoms with E-state index >= 15 is 0 Å². The Morgan fingerprint density at radius 2 is 1.48 bits per heavy atom. The Morgan fingerprint density at radius 1 is 0.905 bits per heavy atom. The van der Waals surface area contributed by atoms with Crippen LogP contribution in [-0.4, -0.2) is 9.13 Å². The molecule has 1 saturated carbocycles. The minimum Gasteiger partial charge on any atom is -0.299 e. The zero-order valence-electron chi connectivity index (χ0n) is 13.7. The summed E-state index contributed by atoms with van der Waals surface area (Å²) in [6.07, 6.45) is 19.8. The van der Waals surface area contributed by atoms with E-state index in [1.807, 2.05) is 21.5 Å². The molecule has 0 aliphatic heterocycles. The average molecular weight is 292 g/mol. The maximum Gasteiger partial charge on any atom is 0.328 e. The van der Waals surface area contributed by atoms with Crippen LogP contribution in [0, 0.1) is 0 Å². The Hall–Kier alpha value is -0.990. The van der Waals surface area contributed by atoms with Crippen molar-refractivity contribution in [2.75, 3.05) is 0 Å². The van der Waals surface area contributed by atoms with Crippen LogP contribution in [0.25, 0.3) is 0 Å². The van der Waals surface area contributed by atoms with E-state index in [1.54, 1.807) is 0 Å². The molecule has 0 amide bonds. The van der Waals surface area contributed by atoms with E-state index in [1.165, 1.54) is 70.6 Å². The average Bonchev–Trinajstić information content (AvgIpc) is 3.26. The fourth-order valence-corrected chi connectivity index (χ4v) is 3.00. The number of rotatable bonds is 12. The number of hydrogen-bond donors (Lipinski definition) is 0. The number of aromatic nitrogens is 2. The second-order valence-electron chi connectivity index (χ2n) is 6.59. The van der Waals surface area contributed by atoms with Crippen molar-refractivity contribution in [1.82, 2.24) is 9.13 Å². The maximum atomic E-state index is 12.1. The molecule has 21 heavy (non-hydrogen) atoms. The first-order valence-corrected chi connectivity index (χ1v) is 9.10. The van der Waals surface area contributed by atoms with E-state index in [2.05, 4.69) is 6.92 Å². The molecule has 1 fully saturated rings. The van der Waals surface area contributed by atoms with Crippen molar-refractivity contribution in [2.24, 2.45) is 0 Å². The first-order chi connectivity index (χ1) is 10.3. The quantitative estimate of drug-likeness (QED) is 0.503. The highest BCUT2D eigenvalue weighted by molar-refractivity contribution is 4.91.